The Morgan fingerprint density at radius 2 is 2.31 bits per heavy atom. The van der Waals surface area contributed by atoms with Crippen molar-refractivity contribution in [3.8, 4) is 12.3 Å². The molecule has 0 saturated heterocycles. The number of hydrogen-bond donors (Lipinski definition) is 1. The summed E-state index contributed by atoms with van der Waals surface area (Å²) in [4.78, 5) is 11.8. The molecule has 0 saturated carbocycles. The number of unbranched alkanes of at least 4 members (excludes halogenated alkanes) is 1. The zero-order valence-electron chi connectivity index (χ0n) is 9.22. The summed E-state index contributed by atoms with van der Waals surface area (Å²) < 4.78 is 0. The minimum atomic E-state index is -0.1000. The third-order valence-electron chi connectivity index (χ3n) is 2.23. The molecular formula is C13H14ClNO. The molecule has 0 unspecified atom stereocenters. The van der Waals surface area contributed by atoms with Crippen LogP contribution in [0.15, 0.2) is 18.2 Å². The Hall–Kier alpha value is -1.46. The summed E-state index contributed by atoms with van der Waals surface area (Å²) in [5.74, 6) is 2.43. The van der Waals surface area contributed by atoms with E-state index in [4.69, 9.17) is 18.0 Å². The lowest BCUT2D eigenvalue weighted by atomic mass is 10.1. The largest absolute Gasteiger partial charge is 0.352 e. The van der Waals surface area contributed by atoms with Gasteiger partial charge in [0, 0.05) is 23.6 Å². The first-order chi connectivity index (χ1) is 7.65. The molecule has 0 aromatic heterocycles. The number of halogens is 1. The molecule has 1 N–H and O–H groups in total. The zero-order chi connectivity index (χ0) is 12.0. The molecule has 0 aliphatic heterocycles. The fourth-order valence-electron chi connectivity index (χ4n) is 1.33. The average Bonchev–Trinajstić information content (AvgIpc) is 2.27. The molecule has 0 spiro atoms. The van der Waals surface area contributed by atoms with Gasteiger partial charge in [-0.05, 0) is 31.0 Å². The van der Waals surface area contributed by atoms with Crippen molar-refractivity contribution in [2.75, 3.05) is 6.54 Å². The van der Waals surface area contributed by atoms with Crippen LogP contribution in [0.4, 0.5) is 0 Å². The predicted molar refractivity (Wildman–Crippen MR) is 66.6 cm³/mol. The second kappa shape index (κ2) is 6.19. The normalized spacial score (nSPS) is 9.56. The highest BCUT2D eigenvalue weighted by atomic mass is 35.5. The van der Waals surface area contributed by atoms with Gasteiger partial charge in [0.25, 0.3) is 5.91 Å². The Kier molecular flexibility index (Phi) is 4.88. The molecular weight excluding hydrogens is 222 g/mol. The van der Waals surface area contributed by atoms with Crippen LogP contribution in [0.25, 0.3) is 0 Å². The van der Waals surface area contributed by atoms with Crippen LogP contribution in [0.3, 0.4) is 0 Å². The first kappa shape index (κ1) is 12.6. The molecule has 3 heteroatoms. The summed E-state index contributed by atoms with van der Waals surface area (Å²) in [6, 6.07) is 5.28. The fourth-order valence-corrected chi connectivity index (χ4v) is 1.50. The molecule has 2 nitrogen and oxygen atoms in total. The van der Waals surface area contributed by atoms with Crippen molar-refractivity contribution in [2.24, 2.45) is 0 Å². The highest BCUT2D eigenvalue weighted by Gasteiger charge is 2.08. The Morgan fingerprint density at radius 3 is 3.00 bits per heavy atom. The van der Waals surface area contributed by atoms with Crippen LogP contribution in [0.1, 0.15) is 28.8 Å². The number of nitrogens with one attached hydrogen (secondary N) is 1. The maximum Gasteiger partial charge on any atom is 0.251 e. The Morgan fingerprint density at radius 1 is 1.56 bits per heavy atom. The van der Waals surface area contributed by atoms with Crippen molar-refractivity contribution in [1.82, 2.24) is 5.32 Å². The number of rotatable bonds is 4. The molecule has 0 atom stereocenters. The van der Waals surface area contributed by atoms with Crippen molar-refractivity contribution >= 4 is 17.5 Å². The van der Waals surface area contributed by atoms with Crippen LogP contribution in [0.5, 0.6) is 0 Å². The molecule has 0 aliphatic rings. The lowest BCUT2D eigenvalue weighted by molar-refractivity contribution is 0.0953. The van der Waals surface area contributed by atoms with Gasteiger partial charge in [0.15, 0.2) is 0 Å². The molecule has 0 radical (unpaired) electrons. The number of terminal acetylenes is 1. The quantitative estimate of drug-likeness (QED) is 0.631. The Labute approximate surface area is 101 Å². The smallest absolute Gasteiger partial charge is 0.251 e. The van der Waals surface area contributed by atoms with E-state index in [0.29, 0.717) is 23.6 Å². The topological polar surface area (TPSA) is 29.1 Å². The molecule has 0 aliphatic carbocycles. The molecule has 1 aromatic carbocycles. The van der Waals surface area contributed by atoms with Crippen molar-refractivity contribution in [1.29, 1.82) is 0 Å². The van der Waals surface area contributed by atoms with E-state index in [2.05, 4.69) is 11.2 Å². The molecule has 0 fully saturated rings. The van der Waals surface area contributed by atoms with Gasteiger partial charge in [0.2, 0.25) is 0 Å². The van der Waals surface area contributed by atoms with E-state index in [0.717, 1.165) is 12.0 Å². The molecule has 0 bridgehead atoms. The summed E-state index contributed by atoms with van der Waals surface area (Å²) >= 11 is 5.84. The zero-order valence-corrected chi connectivity index (χ0v) is 9.97. The third kappa shape index (κ3) is 3.60. The number of aryl methyl sites for hydroxylation is 1. The van der Waals surface area contributed by atoms with Crippen LogP contribution in [0, 0.1) is 19.3 Å². The summed E-state index contributed by atoms with van der Waals surface area (Å²) in [7, 11) is 0. The summed E-state index contributed by atoms with van der Waals surface area (Å²) in [6.07, 6.45) is 6.59. The van der Waals surface area contributed by atoms with Crippen molar-refractivity contribution in [2.45, 2.75) is 19.8 Å². The van der Waals surface area contributed by atoms with Crippen molar-refractivity contribution < 1.29 is 4.79 Å². The molecule has 84 valence electrons. The van der Waals surface area contributed by atoms with Gasteiger partial charge in [-0.15, -0.1) is 12.3 Å². The first-order valence-corrected chi connectivity index (χ1v) is 5.50. The summed E-state index contributed by atoms with van der Waals surface area (Å²) in [6.45, 7) is 2.47. The van der Waals surface area contributed by atoms with Gasteiger partial charge in [-0.2, -0.15) is 0 Å². The van der Waals surface area contributed by atoms with Gasteiger partial charge in [-0.25, -0.2) is 0 Å². The van der Waals surface area contributed by atoms with E-state index in [9.17, 15) is 4.79 Å². The standard InChI is InChI=1S/C13H14ClNO/c1-3-4-5-8-15-13(16)12-9-11(14)7-6-10(12)2/h1,6-7,9H,4-5,8H2,2H3,(H,15,16). The Bertz CT molecular complexity index is 420. The van der Waals surface area contributed by atoms with Gasteiger partial charge < -0.3 is 5.32 Å². The van der Waals surface area contributed by atoms with Crippen LogP contribution in [-0.4, -0.2) is 12.5 Å². The second-order valence-electron chi connectivity index (χ2n) is 3.52. The lowest BCUT2D eigenvalue weighted by Crippen LogP contribution is -2.25. The van der Waals surface area contributed by atoms with Gasteiger partial charge in [0.05, 0.1) is 0 Å². The van der Waals surface area contributed by atoms with Gasteiger partial charge >= 0.3 is 0 Å². The number of carbonyl (C=O) groups is 1. The Balaban J connectivity index is 2.59. The van der Waals surface area contributed by atoms with Gasteiger partial charge in [0.1, 0.15) is 0 Å². The van der Waals surface area contributed by atoms with Crippen LogP contribution in [-0.2, 0) is 0 Å². The van der Waals surface area contributed by atoms with Gasteiger partial charge in [-0.3, -0.25) is 4.79 Å². The maximum absolute atomic E-state index is 11.8. The highest BCUT2D eigenvalue weighted by Crippen LogP contribution is 2.15. The van der Waals surface area contributed by atoms with E-state index < -0.39 is 0 Å². The molecule has 1 aromatic rings. The number of benzene rings is 1. The average molecular weight is 236 g/mol. The second-order valence-corrected chi connectivity index (χ2v) is 3.96. The predicted octanol–water partition coefficient (Wildman–Crippen LogP) is 2.79. The molecule has 1 amide bonds. The monoisotopic (exact) mass is 235 g/mol. The molecule has 16 heavy (non-hydrogen) atoms. The van der Waals surface area contributed by atoms with E-state index in [1.807, 2.05) is 13.0 Å². The van der Waals surface area contributed by atoms with Crippen LogP contribution < -0.4 is 5.32 Å². The third-order valence-corrected chi connectivity index (χ3v) is 2.46. The molecule has 1 rings (SSSR count). The fraction of sp³-hybridized carbons (Fsp3) is 0.308. The number of amides is 1. The highest BCUT2D eigenvalue weighted by molar-refractivity contribution is 6.31. The van der Waals surface area contributed by atoms with E-state index in [1.165, 1.54) is 0 Å². The number of hydrogen-bond acceptors (Lipinski definition) is 1. The summed E-state index contributed by atoms with van der Waals surface area (Å²) in [5.41, 5.74) is 1.53. The SMILES string of the molecule is C#CCCCNC(=O)c1cc(Cl)ccc1C. The van der Waals surface area contributed by atoms with E-state index >= 15 is 0 Å². The minimum absolute atomic E-state index is 0.1000. The minimum Gasteiger partial charge on any atom is -0.352 e. The van der Waals surface area contributed by atoms with Gasteiger partial charge in [-0.1, -0.05) is 17.7 Å². The molecule has 0 heterocycles. The summed E-state index contributed by atoms with van der Waals surface area (Å²) in [5, 5.41) is 3.38. The lowest BCUT2D eigenvalue weighted by Gasteiger charge is -2.07. The van der Waals surface area contributed by atoms with E-state index in [1.54, 1.807) is 12.1 Å². The van der Waals surface area contributed by atoms with E-state index in [-0.39, 0.29) is 5.91 Å². The van der Waals surface area contributed by atoms with Crippen molar-refractivity contribution in [3.05, 3.63) is 34.3 Å². The van der Waals surface area contributed by atoms with Crippen molar-refractivity contribution in [3.63, 3.8) is 0 Å². The van der Waals surface area contributed by atoms with Crippen LogP contribution >= 0.6 is 11.6 Å². The van der Waals surface area contributed by atoms with Crippen LogP contribution in [0.2, 0.25) is 5.02 Å². The first-order valence-electron chi connectivity index (χ1n) is 5.13. The number of carbonyl (C=O) groups excluding carboxylic acids is 1. The maximum atomic E-state index is 11.8.